The van der Waals surface area contributed by atoms with Crippen LogP contribution in [0.15, 0.2) is 24.3 Å². The lowest BCUT2D eigenvalue weighted by Gasteiger charge is -2.27. The predicted octanol–water partition coefficient (Wildman–Crippen LogP) is -5.81. The second-order valence-electron chi connectivity index (χ2n) is 12.4. The largest absolute Gasteiger partial charge is 0.481 e. The van der Waals surface area contributed by atoms with Crippen LogP contribution >= 0.6 is 21.6 Å². The first kappa shape index (κ1) is 44.9. The molecule has 3 rings (SSSR count). The number of hydrogen-bond donors (Lipinski definition) is 11. The van der Waals surface area contributed by atoms with Gasteiger partial charge in [-0.3, -0.25) is 47.9 Å². The fourth-order valence-electron chi connectivity index (χ4n) is 5.32. The van der Waals surface area contributed by atoms with Crippen LogP contribution in [0.1, 0.15) is 30.9 Å². The van der Waals surface area contributed by atoms with E-state index >= 15 is 0 Å². The first-order chi connectivity index (χ1) is 26.4. The molecule has 1 aromatic carbocycles. The number of primary amides is 2. The van der Waals surface area contributed by atoms with Crippen molar-refractivity contribution in [2.24, 2.45) is 17.2 Å². The smallest absolute Gasteiger partial charge is 0.305 e. The summed E-state index contributed by atoms with van der Waals surface area (Å²) >= 11 is 0. The fourth-order valence-corrected chi connectivity index (χ4v) is 7.62. The summed E-state index contributed by atoms with van der Waals surface area (Å²) in [5.74, 6) is -12.3. The van der Waals surface area contributed by atoms with Gasteiger partial charge in [-0.1, -0.05) is 39.8 Å². The second-order valence-corrected chi connectivity index (χ2v) is 15.0. The average Bonchev–Trinajstić information content (AvgIpc) is 3.53. The van der Waals surface area contributed by atoms with Crippen LogP contribution in [0.25, 0.3) is 0 Å². The minimum Gasteiger partial charge on any atom is -0.481 e. The number of nitrogens with zero attached hydrogens (tertiary/aromatic N) is 1. The molecular formula is C31H41FN10O12S2. The number of hydrogen-bond acceptors (Lipinski definition) is 14. The number of halogens is 1. The van der Waals surface area contributed by atoms with Crippen molar-refractivity contribution in [2.45, 2.75) is 61.6 Å². The quantitative estimate of drug-likeness (QED) is 0.119. The topological polar surface area (TPSA) is 365 Å². The van der Waals surface area contributed by atoms with Crippen LogP contribution in [-0.4, -0.2) is 142 Å². The minimum absolute atomic E-state index is 0.179. The van der Waals surface area contributed by atoms with Crippen LogP contribution in [0.5, 0.6) is 0 Å². The van der Waals surface area contributed by atoms with Crippen molar-refractivity contribution >= 4 is 80.7 Å². The Hall–Kier alpha value is -5.53. The Balaban J connectivity index is 1.94. The molecule has 9 amide bonds. The summed E-state index contributed by atoms with van der Waals surface area (Å²) in [5, 5.41) is 33.0. The molecule has 22 nitrogen and oxygen atoms in total. The Labute approximate surface area is 325 Å². The van der Waals surface area contributed by atoms with Crippen LogP contribution in [0.4, 0.5) is 4.39 Å². The molecule has 0 unspecified atom stereocenters. The van der Waals surface area contributed by atoms with E-state index < -0.39 is 140 Å². The predicted molar refractivity (Wildman–Crippen MR) is 193 cm³/mol. The third kappa shape index (κ3) is 13.3. The summed E-state index contributed by atoms with van der Waals surface area (Å²) in [6, 6.07) is -4.65. The zero-order chi connectivity index (χ0) is 41.7. The lowest BCUT2D eigenvalue weighted by Crippen LogP contribution is -2.57. The maximum Gasteiger partial charge on any atom is 0.305 e. The molecule has 56 heavy (non-hydrogen) atoms. The molecule has 306 valence electrons. The number of benzene rings is 1. The standard InChI is InChI=1S/C31H41FN10O12S2/c32-15-4-2-1-3-14(15)25-31(54)37-9-23(46)42-10-13(43)5-20(42)30(53)39-17(6-21(34)44)29(52)40-19(26(35)49)12-56-55-11-16(33)27(50)38-18(7-24(47)48)28(51)36-8-22(45)41-25/h1-4,13,16-20,25,43H,5-12,33H2,(H2,34,44)(H2,35,49)(H,36,51)(H,37,54)(H,38,50)(H,39,53)(H,40,52)(H,41,45)(H,47,48)/t13-,16-,17+,18-,19-,20+,25+/m1/s1. The van der Waals surface area contributed by atoms with Gasteiger partial charge in [0, 0.05) is 30.0 Å². The lowest BCUT2D eigenvalue weighted by molar-refractivity contribution is -0.141. The van der Waals surface area contributed by atoms with Crippen molar-refractivity contribution < 1.29 is 62.5 Å². The number of carbonyl (C=O) groups excluding carboxylic acids is 9. The van der Waals surface area contributed by atoms with E-state index in [1.54, 1.807) is 0 Å². The van der Waals surface area contributed by atoms with Crippen molar-refractivity contribution in [2.75, 3.05) is 31.1 Å². The first-order valence-electron chi connectivity index (χ1n) is 16.6. The molecule has 1 aromatic rings. The number of amides is 9. The number of carboxylic acids is 1. The molecule has 2 fully saturated rings. The van der Waals surface area contributed by atoms with E-state index in [1.165, 1.54) is 12.1 Å². The zero-order valence-corrected chi connectivity index (χ0v) is 31.0. The minimum atomic E-state index is -1.81. The number of aliphatic hydroxyl groups is 1. The highest BCUT2D eigenvalue weighted by Crippen LogP contribution is 2.23. The highest BCUT2D eigenvalue weighted by Gasteiger charge is 2.41. The van der Waals surface area contributed by atoms with Crippen LogP contribution in [0.2, 0.25) is 0 Å². The van der Waals surface area contributed by atoms with E-state index in [0.29, 0.717) is 0 Å². The molecule has 2 aliphatic heterocycles. The van der Waals surface area contributed by atoms with Crippen LogP contribution in [0, 0.1) is 5.82 Å². The second kappa shape index (κ2) is 21.0. The van der Waals surface area contributed by atoms with E-state index in [0.717, 1.165) is 38.6 Å². The number of nitrogens with one attached hydrogen (secondary N) is 6. The molecule has 0 saturated carbocycles. The number of fused-ring (bicyclic) bond motifs is 1. The number of rotatable bonds is 6. The van der Waals surface area contributed by atoms with Crippen molar-refractivity contribution in [3.63, 3.8) is 0 Å². The molecule has 25 heteroatoms. The van der Waals surface area contributed by atoms with Gasteiger partial charge in [0.1, 0.15) is 36.0 Å². The number of carbonyl (C=O) groups is 10. The highest BCUT2D eigenvalue weighted by molar-refractivity contribution is 8.76. The van der Waals surface area contributed by atoms with Crippen molar-refractivity contribution in [3.8, 4) is 0 Å². The average molecular weight is 829 g/mol. The van der Waals surface area contributed by atoms with Gasteiger partial charge < -0.3 is 64.2 Å². The summed E-state index contributed by atoms with van der Waals surface area (Å²) in [7, 11) is 1.85. The van der Waals surface area contributed by atoms with Crippen molar-refractivity contribution in [3.05, 3.63) is 35.6 Å². The van der Waals surface area contributed by atoms with Crippen LogP contribution in [-0.2, 0) is 47.9 Å². The summed E-state index contributed by atoms with van der Waals surface area (Å²) < 4.78 is 14.9. The highest BCUT2D eigenvalue weighted by atomic mass is 33.1. The molecule has 0 aliphatic carbocycles. The fraction of sp³-hybridized carbons (Fsp3) is 0.484. The SMILES string of the molecule is NC(=O)C[C@@H]1NC(=O)[C@@H]2C[C@@H](O)CN2C(=O)CNC(=O)[C@H](c2ccccc2F)NC(=O)CNC(=O)[C@@H](CC(=O)O)NC(=O)[C@H](N)CSSC[C@H](C(N)=O)NC1=O. The Kier molecular flexibility index (Phi) is 16.8. The van der Waals surface area contributed by atoms with Crippen molar-refractivity contribution in [1.29, 1.82) is 0 Å². The van der Waals surface area contributed by atoms with Gasteiger partial charge in [-0.15, -0.1) is 0 Å². The van der Waals surface area contributed by atoms with E-state index in [1.807, 2.05) is 0 Å². The monoisotopic (exact) mass is 828 g/mol. The molecule has 0 radical (unpaired) electrons. The normalized spacial score (nSPS) is 27.0. The van der Waals surface area contributed by atoms with E-state index in [9.17, 15) is 62.5 Å². The Morgan fingerprint density at radius 3 is 2.07 bits per heavy atom. The van der Waals surface area contributed by atoms with Gasteiger partial charge in [-0.2, -0.15) is 0 Å². The van der Waals surface area contributed by atoms with Gasteiger partial charge in [-0.05, 0) is 6.07 Å². The Morgan fingerprint density at radius 2 is 1.43 bits per heavy atom. The van der Waals surface area contributed by atoms with Gasteiger partial charge in [0.2, 0.25) is 53.2 Å². The molecule has 0 aromatic heterocycles. The molecule has 7 atom stereocenters. The molecule has 2 saturated heterocycles. The Bertz CT molecular complexity index is 1720. The third-order valence-electron chi connectivity index (χ3n) is 8.14. The van der Waals surface area contributed by atoms with Crippen LogP contribution in [0.3, 0.4) is 0 Å². The zero-order valence-electron chi connectivity index (χ0n) is 29.4. The molecule has 0 spiro atoms. The summed E-state index contributed by atoms with van der Waals surface area (Å²) in [6.07, 6.45) is -3.28. The Morgan fingerprint density at radius 1 is 0.804 bits per heavy atom. The lowest BCUT2D eigenvalue weighted by atomic mass is 10.1. The van der Waals surface area contributed by atoms with Gasteiger partial charge >= 0.3 is 5.97 Å². The van der Waals surface area contributed by atoms with E-state index in [2.05, 4.69) is 31.9 Å². The number of aliphatic carboxylic acids is 1. The maximum atomic E-state index is 14.9. The van der Waals surface area contributed by atoms with Gasteiger partial charge in [0.05, 0.1) is 38.1 Å². The van der Waals surface area contributed by atoms with E-state index in [-0.39, 0.29) is 23.5 Å². The summed E-state index contributed by atoms with van der Waals surface area (Å²) in [4.78, 5) is 128. The molecule has 14 N–H and O–H groups in total. The number of aliphatic hydroxyl groups excluding tert-OH is 1. The van der Waals surface area contributed by atoms with E-state index in [4.69, 9.17) is 17.2 Å². The van der Waals surface area contributed by atoms with Crippen molar-refractivity contribution in [1.82, 2.24) is 36.8 Å². The van der Waals surface area contributed by atoms with Gasteiger partial charge in [-0.25, -0.2) is 4.39 Å². The first-order valence-corrected chi connectivity index (χ1v) is 19.1. The third-order valence-corrected chi connectivity index (χ3v) is 10.6. The van der Waals surface area contributed by atoms with Gasteiger partial charge in [0.25, 0.3) is 0 Å². The van der Waals surface area contributed by atoms with Crippen LogP contribution < -0.4 is 49.1 Å². The molecular weight excluding hydrogens is 788 g/mol. The molecule has 2 aliphatic rings. The molecule has 2 heterocycles. The summed E-state index contributed by atoms with van der Waals surface area (Å²) in [5.41, 5.74) is 16.3. The van der Waals surface area contributed by atoms with Gasteiger partial charge in [0.15, 0.2) is 0 Å². The molecule has 0 bridgehead atoms. The number of carboxylic acid groups (broad SMARTS) is 1. The summed E-state index contributed by atoms with van der Waals surface area (Å²) in [6.45, 7) is -2.15. The maximum absolute atomic E-state index is 14.9. The number of nitrogens with two attached hydrogens (primary N) is 3.